The Morgan fingerprint density at radius 2 is 1.00 bits per heavy atom. The van der Waals surface area contributed by atoms with Crippen molar-refractivity contribution in [1.82, 2.24) is 0 Å². The quantitative estimate of drug-likeness (QED) is 0.656. The molecule has 0 saturated heterocycles. The minimum absolute atomic E-state index is 0.815. The van der Waals surface area contributed by atoms with E-state index >= 15 is 0 Å². The van der Waals surface area contributed by atoms with E-state index in [1.807, 2.05) is 12.1 Å². The maximum atomic E-state index is 4.68. The van der Waals surface area contributed by atoms with Crippen molar-refractivity contribution in [3.05, 3.63) is 71.8 Å². The minimum atomic E-state index is 0.815. The molecule has 0 saturated carbocycles. The van der Waals surface area contributed by atoms with Crippen molar-refractivity contribution in [1.29, 1.82) is 0 Å². The summed E-state index contributed by atoms with van der Waals surface area (Å²) in [5.41, 5.74) is 4.77. The van der Waals surface area contributed by atoms with Crippen molar-refractivity contribution in [3.63, 3.8) is 0 Å². The van der Waals surface area contributed by atoms with E-state index in [-0.39, 0.29) is 0 Å². The number of rotatable bonds is 7. The summed E-state index contributed by atoms with van der Waals surface area (Å²) in [6.45, 7) is 5.80. The summed E-state index contributed by atoms with van der Waals surface area (Å²) in [7, 11) is 0. The Hall–Kier alpha value is -2.22. The molecule has 2 nitrogen and oxygen atoms in total. The summed E-state index contributed by atoms with van der Waals surface area (Å²) >= 11 is 0. The van der Waals surface area contributed by atoms with Gasteiger partial charge in [0.1, 0.15) is 0 Å². The van der Waals surface area contributed by atoms with Crippen molar-refractivity contribution in [2.24, 2.45) is 9.98 Å². The summed E-state index contributed by atoms with van der Waals surface area (Å²) in [6.07, 6.45) is 1.84. The fourth-order valence-electron chi connectivity index (χ4n) is 2.51. The van der Waals surface area contributed by atoms with Crippen molar-refractivity contribution in [2.45, 2.75) is 26.7 Å². The van der Waals surface area contributed by atoms with Gasteiger partial charge in [-0.2, -0.15) is 0 Å². The van der Waals surface area contributed by atoms with Crippen LogP contribution in [0.5, 0.6) is 0 Å². The van der Waals surface area contributed by atoms with Crippen molar-refractivity contribution < 1.29 is 0 Å². The number of aliphatic imine (C=N–C) groups is 2. The van der Waals surface area contributed by atoms with E-state index in [2.05, 4.69) is 72.4 Å². The Morgan fingerprint density at radius 1 is 0.636 bits per heavy atom. The molecule has 0 aromatic heterocycles. The average Bonchev–Trinajstić information content (AvgIpc) is 2.59. The van der Waals surface area contributed by atoms with Crippen LogP contribution in [-0.2, 0) is 0 Å². The van der Waals surface area contributed by atoms with E-state index in [9.17, 15) is 0 Å². The minimum Gasteiger partial charge on any atom is -0.289 e. The molecule has 0 aliphatic rings. The molecule has 0 fully saturated rings. The van der Waals surface area contributed by atoms with Gasteiger partial charge in [-0.1, -0.05) is 60.7 Å². The molecule has 0 spiro atoms. The van der Waals surface area contributed by atoms with Crippen LogP contribution in [-0.4, -0.2) is 24.5 Å². The molecule has 0 atom stereocenters. The molecule has 22 heavy (non-hydrogen) atoms. The van der Waals surface area contributed by atoms with Crippen LogP contribution in [0.25, 0.3) is 0 Å². The Balaban J connectivity index is 2.14. The zero-order chi connectivity index (χ0) is 15.6. The van der Waals surface area contributed by atoms with Gasteiger partial charge in [0.2, 0.25) is 0 Å². The molecule has 2 aromatic carbocycles. The highest BCUT2D eigenvalue weighted by atomic mass is 14.7. The zero-order valence-corrected chi connectivity index (χ0v) is 13.5. The van der Waals surface area contributed by atoms with Gasteiger partial charge in [0.05, 0.1) is 0 Å². The highest BCUT2D eigenvalue weighted by Crippen LogP contribution is 2.12. The van der Waals surface area contributed by atoms with Crippen molar-refractivity contribution in [3.8, 4) is 0 Å². The largest absolute Gasteiger partial charge is 0.289 e. The van der Waals surface area contributed by atoms with Crippen LogP contribution in [0.15, 0.2) is 70.6 Å². The fourth-order valence-corrected chi connectivity index (χ4v) is 2.51. The lowest BCUT2D eigenvalue weighted by atomic mass is 10.00. The Morgan fingerprint density at radius 3 is 1.32 bits per heavy atom. The predicted molar refractivity (Wildman–Crippen MR) is 96.3 cm³/mol. The van der Waals surface area contributed by atoms with Gasteiger partial charge in [0.25, 0.3) is 0 Å². The second kappa shape index (κ2) is 8.93. The zero-order valence-electron chi connectivity index (χ0n) is 13.5. The van der Waals surface area contributed by atoms with Crippen molar-refractivity contribution >= 4 is 11.4 Å². The van der Waals surface area contributed by atoms with Crippen LogP contribution in [0.1, 0.15) is 37.8 Å². The standard InChI is InChI=1S/C20H24N2/c1-3-21-19(17-11-7-5-8-12-17)15-16-20(22-4-2)18-13-9-6-10-14-18/h5-14H,3-4,15-16H2,1-2H3. The number of benzene rings is 2. The van der Waals surface area contributed by atoms with Crippen LogP contribution >= 0.6 is 0 Å². The molecule has 0 bridgehead atoms. The normalized spacial score (nSPS) is 12.5. The molecular formula is C20H24N2. The third kappa shape index (κ3) is 4.66. The van der Waals surface area contributed by atoms with Crippen LogP contribution in [0.4, 0.5) is 0 Å². The SMILES string of the molecule is CCN=C(CCC(=NCC)c1ccccc1)c1ccccc1. The number of hydrogen-bond acceptors (Lipinski definition) is 2. The molecule has 0 amide bonds. The molecule has 0 unspecified atom stereocenters. The topological polar surface area (TPSA) is 24.7 Å². The van der Waals surface area contributed by atoms with E-state index in [1.165, 1.54) is 22.6 Å². The second-order valence-electron chi connectivity index (χ2n) is 5.07. The van der Waals surface area contributed by atoms with E-state index < -0.39 is 0 Å². The van der Waals surface area contributed by atoms with Gasteiger partial charge in [-0.3, -0.25) is 9.98 Å². The molecule has 0 N–H and O–H groups in total. The van der Waals surface area contributed by atoms with Crippen LogP contribution in [0, 0.1) is 0 Å². The summed E-state index contributed by atoms with van der Waals surface area (Å²) in [6, 6.07) is 20.9. The van der Waals surface area contributed by atoms with E-state index in [4.69, 9.17) is 0 Å². The lowest BCUT2D eigenvalue weighted by Gasteiger charge is -2.10. The first-order valence-electron chi connectivity index (χ1n) is 8.02. The van der Waals surface area contributed by atoms with E-state index in [1.54, 1.807) is 0 Å². The lowest BCUT2D eigenvalue weighted by molar-refractivity contribution is 1.04. The molecule has 2 heteroatoms. The Bertz CT molecular complexity index is 555. The summed E-state index contributed by atoms with van der Waals surface area (Å²) < 4.78 is 0. The number of hydrogen-bond donors (Lipinski definition) is 0. The Kier molecular flexibility index (Phi) is 6.56. The maximum absolute atomic E-state index is 4.68. The first-order valence-corrected chi connectivity index (χ1v) is 8.02. The van der Waals surface area contributed by atoms with Crippen LogP contribution in [0.3, 0.4) is 0 Å². The highest BCUT2D eigenvalue weighted by molar-refractivity contribution is 6.06. The van der Waals surface area contributed by atoms with E-state index in [0.29, 0.717) is 0 Å². The first kappa shape index (κ1) is 16.2. The molecule has 0 radical (unpaired) electrons. The molecule has 0 aliphatic carbocycles. The molecule has 114 valence electrons. The molecule has 2 aromatic rings. The van der Waals surface area contributed by atoms with Gasteiger partial charge in [0.15, 0.2) is 0 Å². The predicted octanol–water partition coefficient (Wildman–Crippen LogP) is 4.79. The molecule has 0 heterocycles. The maximum Gasteiger partial charge on any atom is 0.0424 e. The monoisotopic (exact) mass is 292 g/mol. The van der Waals surface area contributed by atoms with Gasteiger partial charge in [-0.15, -0.1) is 0 Å². The average molecular weight is 292 g/mol. The third-order valence-corrected chi connectivity index (χ3v) is 3.51. The Labute approximate surface area is 133 Å². The first-order chi connectivity index (χ1) is 10.8. The fraction of sp³-hybridized carbons (Fsp3) is 0.300. The van der Waals surface area contributed by atoms with Gasteiger partial charge in [-0.25, -0.2) is 0 Å². The van der Waals surface area contributed by atoms with Gasteiger partial charge in [0, 0.05) is 24.5 Å². The lowest BCUT2D eigenvalue weighted by Crippen LogP contribution is -2.08. The van der Waals surface area contributed by atoms with Gasteiger partial charge in [-0.05, 0) is 37.8 Å². The van der Waals surface area contributed by atoms with Crippen LogP contribution < -0.4 is 0 Å². The van der Waals surface area contributed by atoms with Gasteiger partial charge < -0.3 is 0 Å². The smallest absolute Gasteiger partial charge is 0.0424 e. The summed E-state index contributed by atoms with van der Waals surface area (Å²) in [4.78, 5) is 9.36. The highest BCUT2D eigenvalue weighted by Gasteiger charge is 2.07. The second-order valence-corrected chi connectivity index (χ2v) is 5.07. The summed E-state index contributed by atoms with van der Waals surface area (Å²) in [5, 5.41) is 0. The third-order valence-electron chi connectivity index (χ3n) is 3.51. The van der Waals surface area contributed by atoms with Crippen molar-refractivity contribution in [2.75, 3.05) is 13.1 Å². The molecule has 0 aliphatic heterocycles. The van der Waals surface area contributed by atoms with Gasteiger partial charge >= 0.3 is 0 Å². The van der Waals surface area contributed by atoms with Crippen LogP contribution in [0.2, 0.25) is 0 Å². The summed E-state index contributed by atoms with van der Waals surface area (Å²) in [5.74, 6) is 0. The van der Waals surface area contributed by atoms with E-state index in [0.717, 1.165) is 25.9 Å². The molecular weight excluding hydrogens is 268 g/mol. The molecule has 2 rings (SSSR count). The number of nitrogens with zero attached hydrogens (tertiary/aromatic N) is 2.